The quantitative estimate of drug-likeness (QED) is 0.783. The van der Waals surface area contributed by atoms with Gasteiger partial charge in [0.15, 0.2) is 4.77 Å². The highest BCUT2D eigenvalue weighted by Crippen LogP contribution is 2.16. The van der Waals surface area contributed by atoms with Gasteiger partial charge in [0.05, 0.1) is 6.61 Å². The van der Waals surface area contributed by atoms with Crippen LogP contribution in [0.1, 0.15) is 26.6 Å². The summed E-state index contributed by atoms with van der Waals surface area (Å²) >= 11 is 5.18. The molecule has 0 amide bonds. The molecule has 0 atom stereocenters. The number of methoxy groups -OCH3 is 1. The van der Waals surface area contributed by atoms with Gasteiger partial charge in [0, 0.05) is 19.1 Å². The number of nitrogens with one attached hydrogen (secondary N) is 1. The fourth-order valence-corrected chi connectivity index (χ4v) is 1.81. The lowest BCUT2D eigenvalue weighted by Gasteiger charge is -2.22. The average Bonchev–Trinajstić information content (AvgIpc) is 2.42. The van der Waals surface area contributed by atoms with Crippen molar-refractivity contribution in [3.8, 4) is 0 Å². The summed E-state index contributed by atoms with van der Waals surface area (Å²) in [7, 11) is 1.68. The van der Waals surface area contributed by atoms with Crippen molar-refractivity contribution >= 4 is 12.2 Å². The van der Waals surface area contributed by atoms with Crippen LogP contribution in [0, 0.1) is 4.77 Å². The highest BCUT2D eigenvalue weighted by molar-refractivity contribution is 7.71. The summed E-state index contributed by atoms with van der Waals surface area (Å²) in [4.78, 5) is 0. The SMILES string of the molecule is COCCc1n[nH]c(=S)n1C(C)(C)C. The lowest BCUT2D eigenvalue weighted by Crippen LogP contribution is -2.24. The molecule has 0 aromatic carbocycles. The van der Waals surface area contributed by atoms with Crippen molar-refractivity contribution in [3.63, 3.8) is 0 Å². The number of nitrogens with zero attached hydrogens (tertiary/aromatic N) is 2. The standard InChI is InChI=1S/C9H17N3OS/c1-9(2,3)12-7(5-6-13-4)10-11-8(12)14/h5-6H2,1-4H3,(H,11,14). The maximum Gasteiger partial charge on any atom is 0.195 e. The summed E-state index contributed by atoms with van der Waals surface area (Å²) in [6, 6.07) is 0. The minimum atomic E-state index is -0.0346. The molecular weight excluding hydrogens is 198 g/mol. The summed E-state index contributed by atoms with van der Waals surface area (Å²) in [5.41, 5.74) is -0.0346. The molecular formula is C9H17N3OS. The molecule has 0 spiro atoms. The van der Waals surface area contributed by atoms with Crippen LogP contribution in [0.2, 0.25) is 0 Å². The number of aromatic nitrogens is 3. The van der Waals surface area contributed by atoms with Crippen LogP contribution in [0.3, 0.4) is 0 Å². The van der Waals surface area contributed by atoms with E-state index >= 15 is 0 Å². The zero-order chi connectivity index (χ0) is 10.8. The third-order valence-corrected chi connectivity index (χ3v) is 2.22. The fourth-order valence-electron chi connectivity index (χ4n) is 1.38. The lowest BCUT2D eigenvalue weighted by molar-refractivity contribution is 0.197. The molecule has 80 valence electrons. The molecule has 5 heteroatoms. The van der Waals surface area contributed by atoms with Crippen LogP contribution < -0.4 is 0 Å². The lowest BCUT2D eigenvalue weighted by atomic mass is 10.1. The third kappa shape index (κ3) is 2.42. The van der Waals surface area contributed by atoms with Gasteiger partial charge in [0.25, 0.3) is 0 Å². The molecule has 1 rings (SSSR count). The molecule has 0 aliphatic rings. The minimum absolute atomic E-state index is 0.0346. The fraction of sp³-hybridized carbons (Fsp3) is 0.778. The summed E-state index contributed by atoms with van der Waals surface area (Å²) in [6.07, 6.45) is 0.779. The predicted octanol–water partition coefficient (Wildman–Crippen LogP) is 1.88. The number of H-pyrrole nitrogens is 1. The van der Waals surface area contributed by atoms with Crippen LogP contribution in [-0.2, 0) is 16.7 Å². The van der Waals surface area contributed by atoms with Crippen molar-refractivity contribution in [2.75, 3.05) is 13.7 Å². The van der Waals surface area contributed by atoms with Crippen LogP contribution in [0.25, 0.3) is 0 Å². The van der Waals surface area contributed by atoms with Crippen molar-refractivity contribution < 1.29 is 4.74 Å². The molecule has 0 aliphatic carbocycles. The Morgan fingerprint density at radius 1 is 1.50 bits per heavy atom. The Labute approximate surface area is 89.3 Å². The van der Waals surface area contributed by atoms with E-state index in [1.807, 2.05) is 4.57 Å². The first-order chi connectivity index (χ1) is 6.46. The van der Waals surface area contributed by atoms with Crippen molar-refractivity contribution in [3.05, 3.63) is 10.6 Å². The van der Waals surface area contributed by atoms with E-state index in [9.17, 15) is 0 Å². The van der Waals surface area contributed by atoms with Crippen molar-refractivity contribution in [2.45, 2.75) is 32.7 Å². The normalized spacial score (nSPS) is 12.0. The molecule has 0 saturated carbocycles. The minimum Gasteiger partial charge on any atom is -0.384 e. The van der Waals surface area contributed by atoms with Gasteiger partial charge in [0.2, 0.25) is 0 Å². The van der Waals surface area contributed by atoms with Gasteiger partial charge in [-0.2, -0.15) is 5.10 Å². The molecule has 0 fully saturated rings. The van der Waals surface area contributed by atoms with E-state index in [0.717, 1.165) is 12.2 Å². The van der Waals surface area contributed by atoms with E-state index in [0.29, 0.717) is 11.4 Å². The van der Waals surface area contributed by atoms with E-state index in [-0.39, 0.29) is 5.54 Å². The molecule has 1 heterocycles. The molecule has 1 aromatic rings. The van der Waals surface area contributed by atoms with Gasteiger partial charge in [-0.25, -0.2) is 0 Å². The number of hydrogen-bond donors (Lipinski definition) is 1. The maximum atomic E-state index is 5.18. The van der Waals surface area contributed by atoms with Crippen LogP contribution in [-0.4, -0.2) is 28.5 Å². The molecule has 1 N–H and O–H groups in total. The Balaban J connectivity index is 3.01. The molecule has 0 radical (unpaired) electrons. The number of hydrogen-bond acceptors (Lipinski definition) is 3. The Morgan fingerprint density at radius 2 is 2.14 bits per heavy atom. The van der Waals surface area contributed by atoms with E-state index in [2.05, 4.69) is 31.0 Å². The summed E-state index contributed by atoms with van der Waals surface area (Å²) < 4.78 is 7.72. The first kappa shape index (κ1) is 11.4. The van der Waals surface area contributed by atoms with Gasteiger partial charge in [-0.15, -0.1) is 0 Å². The summed E-state index contributed by atoms with van der Waals surface area (Å²) in [6.45, 7) is 6.98. The third-order valence-electron chi connectivity index (χ3n) is 1.94. The molecule has 0 unspecified atom stereocenters. The second-order valence-electron chi connectivity index (χ2n) is 4.19. The van der Waals surface area contributed by atoms with Gasteiger partial charge in [-0.1, -0.05) is 0 Å². The number of rotatable bonds is 3. The van der Waals surface area contributed by atoms with Gasteiger partial charge < -0.3 is 4.74 Å². The zero-order valence-corrected chi connectivity index (χ0v) is 9.94. The molecule has 14 heavy (non-hydrogen) atoms. The highest BCUT2D eigenvalue weighted by Gasteiger charge is 2.18. The number of aromatic amines is 1. The van der Waals surface area contributed by atoms with Gasteiger partial charge in [-0.05, 0) is 33.0 Å². The molecule has 0 saturated heterocycles. The van der Waals surface area contributed by atoms with Gasteiger partial charge >= 0.3 is 0 Å². The zero-order valence-electron chi connectivity index (χ0n) is 9.13. The number of ether oxygens (including phenoxy) is 1. The molecule has 4 nitrogen and oxygen atoms in total. The van der Waals surface area contributed by atoms with Crippen LogP contribution in [0.15, 0.2) is 0 Å². The van der Waals surface area contributed by atoms with Crippen molar-refractivity contribution in [2.24, 2.45) is 0 Å². The van der Waals surface area contributed by atoms with E-state index < -0.39 is 0 Å². The van der Waals surface area contributed by atoms with Gasteiger partial charge in [-0.3, -0.25) is 9.67 Å². The van der Waals surface area contributed by atoms with Crippen LogP contribution >= 0.6 is 12.2 Å². The van der Waals surface area contributed by atoms with E-state index in [4.69, 9.17) is 17.0 Å². The molecule has 1 aromatic heterocycles. The monoisotopic (exact) mass is 215 g/mol. The first-order valence-corrected chi connectivity index (χ1v) is 5.03. The summed E-state index contributed by atoms with van der Waals surface area (Å²) in [5, 5.41) is 7.00. The Morgan fingerprint density at radius 3 is 2.64 bits per heavy atom. The Kier molecular flexibility index (Phi) is 3.44. The van der Waals surface area contributed by atoms with Crippen LogP contribution in [0.4, 0.5) is 0 Å². The summed E-state index contributed by atoms with van der Waals surface area (Å²) in [5.74, 6) is 0.948. The Hall–Kier alpha value is -0.680. The van der Waals surface area contributed by atoms with Crippen molar-refractivity contribution in [1.29, 1.82) is 0 Å². The topological polar surface area (TPSA) is 42.8 Å². The van der Waals surface area contributed by atoms with Gasteiger partial charge in [0.1, 0.15) is 5.82 Å². The smallest absolute Gasteiger partial charge is 0.195 e. The average molecular weight is 215 g/mol. The molecule has 0 aliphatic heterocycles. The van der Waals surface area contributed by atoms with Crippen LogP contribution in [0.5, 0.6) is 0 Å². The Bertz CT molecular complexity index is 348. The predicted molar refractivity (Wildman–Crippen MR) is 58.0 cm³/mol. The van der Waals surface area contributed by atoms with E-state index in [1.54, 1.807) is 7.11 Å². The van der Waals surface area contributed by atoms with Crippen molar-refractivity contribution in [1.82, 2.24) is 14.8 Å². The maximum absolute atomic E-state index is 5.18. The second kappa shape index (κ2) is 4.23. The largest absolute Gasteiger partial charge is 0.384 e. The molecule has 0 bridgehead atoms. The van der Waals surface area contributed by atoms with E-state index in [1.165, 1.54) is 0 Å². The second-order valence-corrected chi connectivity index (χ2v) is 4.58. The first-order valence-electron chi connectivity index (χ1n) is 4.62. The highest BCUT2D eigenvalue weighted by atomic mass is 32.1.